The smallest absolute Gasteiger partial charge is 0.347 e. The van der Waals surface area contributed by atoms with Crippen LogP contribution in [-0.4, -0.2) is 42.7 Å². The predicted molar refractivity (Wildman–Crippen MR) is 149 cm³/mol. The second-order valence-corrected chi connectivity index (χ2v) is 9.57. The molecule has 200 valence electrons. The van der Waals surface area contributed by atoms with E-state index in [1.807, 2.05) is 60.0 Å². The Labute approximate surface area is 228 Å². The van der Waals surface area contributed by atoms with E-state index in [0.717, 1.165) is 28.0 Å². The largest absolute Gasteiger partial charge is 0.493 e. The van der Waals surface area contributed by atoms with Crippen molar-refractivity contribution in [2.24, 2.45) is 0 Å². The van der Waals surface area contributed by atoms with Crippen molar-refractivity contribution in [3.8, 4) is 11.5 Å². The van der Waals surface area contributed by atoms with Crippen LogP contribution in [0.3, 0.4) is 0 Å². The second-order valence-electron chi connectivity index (χ2n) is 8.58. The lowest BCUT2D eigenvalue weighted by Crippen LogP contribution is -2.08. The highest BCUT2D eigenvalue weighted by Gasteiger charge is 2.17. The monoisotopic (exact) mass is 545 g/mol. The number of anilines is 3. The summed E-state index contributed by atoms with van der Waals surface area (Å²) in [6.45, 7) is 5.25. The summed E-state index contributed by atoms with van der Waals surface area (Å²) in [5, 5.41) is 16.2. The van der Waals surface area contributed by atoms with Crippen LogP contribution in [0, 0.1) is 6.92 Å². The summed E-state index contributed by atoms with van der Waals surface area (Å²) in [7, 11) is 1.61. The molecule has 11 nitrogen and oxygen atoms in total. The maximum Gasteiger partial charge on any atom is 0.347 e. The van der Waals surface area contributed by atoms with Crippen molar-refractivity contribution < 1.29 is 19.4 Å². The summed E-state index contributed by atoms with van der Waals surface area (Å²) >= 11 is 1.03. The molecule has 0 atom stereocenters. The third-order valence-electron chi connectivity index (χ3n) is 5.95. The van der Waals surface area contributed by atoms with Crippen LogP contribution in [0.25, 0.3) is 11.2 Å². The highest BCUT2D eigenvalue weighted by Crippen LogP contribution is 2.30. The van der Waals surface area contributed by atoms with Crippen molar-refractivity contribution in [2.45, 2.75) is 33.5 Å². The molecule has 2 aromatic carbocycles. The Morgan fingerprint density at radius 2 is 1.90 bits per heavy atom. The number of benzene rings is 2. The number of carboxylic acids is 1. The van der Waals surface area contributed by atoms with E-state index in [2.05, 4.69) is 30.6 Å². The van der Waals surface area contributed by atoms with Gasteiger partial charge in [0.15, 0.2) is 28.1 Å². The van der Waals surface area contributed by atoms with Crippen LogP contribution in [0.1, 0.15) is 33.4 Å². The molecule has 0 fully saturated rings. The number of nitrogens with one attached hydrogen (secondary N) is 2. The Bertz CT molecular complexity index is 1620. The van der Waals surface area contributed by atoms with E-state index in [0.29, 0.717) is 53.5 Å². The highest BCUT2D eigenvalue weighted by molar-refractivity contribution is 7.17. The van der Waals surface area contributed by atoms with Gasteiger partial charge in [0.2, 0.25) is 5.95 Å². The lowest BCUT2D eigenvalue weighted by molar-refractivity contribution is 0.0701. The van der Waals surface area contributed by atoms with E-state index < -0.39 is 5.97 Å². The first-order chi connectivity index (χ1) is 18.9. The zero-order valence-corrected chi connectivity index (χ0v) is 22.5. The molecule has 5 rings (SSSR count). The quantitative estimate of drug-likeness (QED) is 0.202. The minimum atomic E-state index is -1.02. The fourth-order valence-corrected chi connectivity index (χ4v) is 4.80. The van der Waals surface area contributed by atoms with Crippen LogP contribution >= 0.6 is 11.3 Å². The number of aromatic carboxylic acids is 1. The van der Waals surface area contributed by atoms with Crippen molar-refractivity contribution >= 4 is 45.4 Å². The Hall–Kier alpha value is -4.71. The van der Waals surface area contributed by atoms with Crippen LogP contribution in [0.5, 0.6) is 11.5 Å². The van der Waals surface area contributed by atoms with Gasteiger partial charge in [-0.1, -0.05) is 47.7 Å². The van der Waals surface area contributed by atoms with Gasteiger partial charge in [-0.25, -0.2) is 14.8 Å². The van der Waals surface area contributed by atoms with Gasteiger partial charge in [0.25, 0.3) is 0 Å². The molecule has 5 aromatic rings. The normalized spacial score (nSPS) is 10.9. The number of methoxy groups -OCH3 is 1. The zero-order valence-electron chi connectivity index (χ0n) is 21.6. The number of imidazole rings is 1. The summed E-state index contributed by atoms with van der Waals surface area (Å²) in [5.41, 5.74) is 3.73. The van der Waals surface area contributed by atoms with E-state index in [4.69, 9.17) is 9.47 Å². The van der Waals surface area contributed by atoms with Gasteiger partial charge in [-0.15, -0.1) is 0 Å². The number of carboxylic acid groups (broad SMARTS) is 1. The maximum atomic E-state index is 11.4. The number of ether oxygens (including phenoxy) is 2. The van der Waals surface area contributed by atoms with Gasteiger partial charge in [0.05, 0.1) is 19.1 Å². The first-order valence-electron chi connectivity index (χ1n) is 12.2. The molecule has 3 N–H and O–H groups in total. The molecule has 12 heteroatoms. The third kappa shape index (κ3) is 5.75. The molecule has 0 unspecified atom stereocenters. The van der Waals surface area contributed by atoms with Crippen molar-refractivity contribution in [3.63, 3.8) is 0 Å². The molecule has 0 aliphatic rings. The number of carbonyl (C=O) groups is 1. The molecule has 0 bridgehead atoms. The van der Waals surface area contributed by atoms with Crippen molar-refractivity contribution in [1.82, 2.24) is 24.5 Å². The molecule has 0 spiro atoms. The number of hydrogen-bond acceptors (Lipinski definition) is 10. The van der Waals surface area contributed by atoms with Crippen LogP contribution in [0.15, 0.2) is 54.9 Å². The standard InChI is InChI=1S/C27H27N7O4S/c1-4-34-15-29-24-21(34)23(31-26(32-24)33-27-30-16(2)22(39-27)25(35)36)28-13-18-10-11-19(20(12-18)37-3)38-14-17-8-6-5-7-9-17/h5-12,15H,4,13-14H2,1-3H3,(H,35,36)(H2,28,30,31,32,33). The maximum absolute atomic E-state index is 11.4. The van der Waals surface area contributed by atoms with E-state index in [9.17, 15) is 9.90 Å². The molecular formula is C27H27N7O4S. The molecule has 0 amide bonds. The van der Waals surface area contributed by atoms with Gasteiger partial charge in [-0.3, -0.25) is 5.32 Å². The van der Waals surface area contributed by atoms with Gasteiger partial charge in [0.1, 0.15) is 17.0 Å². The Morgan fingerprint density at radius 3 is 2.62 bits per heavy atom. The summed E-state index contributed by atoms with van der Waals surface area (Å²) in [4.78, 5) is 29.5. The van der Waals surface area contributed by atoms with E-state index in [1.54, 1.807) is 20.4 Å². The Balaban J connectivity index is 1.37. The fraction of sp³-hybridized carbons (Fsp3) is 0.222. The van der Waals surface area contributed by atoms with Gasteiger partial charge in [0, 0.05) is 13.1 Å². The lowest BCUT2D eigenvalue weighted by Gasteiger charge is -2.14. The second kappa shape index (κ2) is 11.4. The Morgan fingerprint density at radius 1 is 1.08 bits per heavy atom. The lowest BCUT2D eigenvalue weighted by atomic mass is 10.2. The number of nitrogens with zero attached hydrogens (tertiary/aromatic N) is 5. The highest BCUT2D eigenvalue weighted by atomic mass is 32.1. The molecule has 0 saturated heterocycles. The first kappa shape index (κ1) is 25.9. The van der Waals surface area contributed by atoms with Crippen molar-refractivity contribution in [3.05, 3.63) is 76.6 Å². The van der Waals surface area contributed by atoms with Gasteiger partial charge < -0.3 is 24.5 Å². The van der Waals surface area contributed by atoms with E-state index in [-0.39, 0.29) is 10.8 Å². The molecule has 0 radical (unpaired) electrons. The van der Waals surface area contributed by atoms with Gasteiger partial charge >= 0.3 is 5.97 Å². The SMILES string of the molecule is CCn1cnc2nc(Nc3nc(C)c(C(=O)O)s3)nc(NCc3ccc(OCc4ccccc4)c(OC)c3)c21. The van der Waals surface area contributed by atoms with Crippen molar-refractivity contribution in [1.29, 1.82) is 0 Å². The van der Waals surface area contributed by atoms with E-state index >= 15 is 0 Å². The van der Waals surface area contributed by atoms with E-state index in [1.165, 1.54) is 0 Å². The molecule has 0 aliphatic heterocycles. The molecule has 0 saturated carbocycles. The van der Waals surface area contributed by atoms with Crippen LogP contribution < -0.4 is 20.1 Å². The molecular weight excluding hydrogens is 518 g/mol. The summed E-state index contributed by atoms with van der Waals surface area (Å²) < 4.78 is 13.5. The number of rotatable bonds is 11. The summed E-state index contributed by atoms with van der Waals surface area (Å²) in [6.07, 6.45) is 1.71. The molecule has 3 heterocycles. The number of aryl methyl sites for hydroxylation is 2. The predicted octanol–water partition coefficient (Wildman–Crippen LogP) is 5.25. The molecule has 39 heavy (non-hydrogen) atoms. The number of fused-ring (bicyclic) bond motifs is 1. The minimum absolute atomic E-state index is 0.164. The fourth-order valence-electron chi connectivity index (χ4n) is 4.00. The number of thiazole rings is 1. The first-order valence-corrected chi connectivity index (χ1v) is 13.0. The molecule has 0 aliphatic carbocycles. The topological polar surface area (TPSA) is 136 Å². The minimum Gasteiger partial charge on any atom is -0.493 e. The molecule has 3 aromatic heterocycles. The summed E-state index contributed by atoms with van der Waals surface area (Å²) in [5.74, 6) is 1.11. The van der Waals surface area contributed by atoms with Crippen LogP contribution in [-0.2, 0) is 19.7 Å². The van der Waals surface area contributed by atoms with Crippen LogP contribution in [0.4, 0.5) is 16.9 Å². The zero-order chi connectivity index (χ0) is 27.4. The average Bonchev–Trinajstić information content (AvgIpc) is 3.54. The number of aromatic nitrogens is 5. The number of hydrogen-bond donors (Lipinski definition) is 3. The van der Waals surface area contributed by atoms with Gasteiger partial charge in [-0.05, 0) is 37.1 Å². The van der Waals surface area contributed by atoms with Crippen LogP contribution in [0.2, 0.25) is 0 Å². The van der Waals surface area contributed by atoms with Gasteiger partial charge in [-0.2, -0.15) is 9.97 Å². The average molecular weight is 546 g/mol. The third-order valence-corrected chi connectivity index (χ3v) is 7.01. The Kier molecular flexibility index (Phi) is 7.55. The van der Waals surface area contributed by atoms with Crippen molar-refractivity contribution in [2.75, 3.05) is 17.7 Å². The summed E-state index contributed by atoms with van der Waals surface area (Å²) in [6, 6.07) is 15.7.